The number of rotatable bonds is 10. The van der Waals surface area contributed by atoms with Crippen LogP contribution in [-0.2, 0) is 5.41 Å². The zero-order valence-electron chi connectivity index (χ0n) is 56.6. The first kappa shape index (κ1) is 62.0. The summed E-state index contributed by atoms with van der Waals surface area (Å²) in [6.07, 6.45) is 0. The van der Waals surface area contributed by atoms with Gasteiger partial charge in [0.2, 0.25) is 0 Å². The zero-order valence-corrected chi connectivity index (χ0v) is 58.3. The second kappa shape index (κ2) is 25.8. The van der Waals surface area contributed by atoms with E-state index in [-0.39, 0.29) is 5.41 Å². The number of hydrogen-bond acceptors (Lipinski definition) is 11. The average Bonchev–Trinajstić information content (AvgIpc) is 0.934. The molecule has 11 heteroatoms. The fourth-order valence-electron chi connectivity index (χ4n) is 14.6. The summed E-state index contributed by atoms with van der Waals surface area (Å²) < 4.78 is 11.8. The molecule has 0 saturated carbocycles. The van der Waals surface area contributed by atoms with Crippen LogP contribution in [0.25, 0.3) is 131 Å². The molecule has 0 aliphatic carbocycles. The summed E-state index contributed by atoms with van der Waals surface area (Å²) in [5, 5.41) is 5.21. The summed E-state index contributed by atoms with van der Waals surface area (Å²) >= 11 is 3.69. The molecule has 0 bridgehead atoms. The minimum atomic E-state index is -0.204. The predicted molar refractivity (Wildman–Crippen MR) is 430 cm³/mol. The zero-order chi connectivity index (χ0) is 69.2. The van der Waals surface area contributed by atoms with Crippen molar-refractivity contribution in [2.24, 2.45) is 0 Å². The maximum Gasteiger partial charge on any atom is 0.164 e. The third kappa shape index (κ3) is 11.3. The highest BCUT2D eigenvalue weighted by atomic mass is 32.1. The number of aromatic nitrogens is 6. The van der Waals surface area contributed by atoms with Crippen LogP contribution in [0.15, 0.2) is 340 Å². The number of thiophene rings is 2. The highest BCUT2D eigenvalue weighted by molar-refractivity contribution is 7.26. The average molecular weight is 1370 g/mol. The fourth-order valence-corrected chi connectivity index (χ4v) is 16.8. The van der Waals surface area contributed by atoms with Gasteiger partial charge in [-0.2, -0.15) is 0 Å². The van der Waals surface area contributed by atoms with Crippen molar-refractivity contribution in [1.29, 1.82) is 0 Å². The molecule has 104 heavy (non-hydrogen) atoms. The molecular formula is C93H62N8OS2. The SMILES string of the molecule is CC1(C)c2ccccc2N(c2ccc(-c3nc(-c4ccccc4)nc(-c4ccccc4)n3)cc2)c2ccc(-c3ccc4sc5ccccc5c4c3)cc21.c1ccc(-c2nc(-c3ccccc3)nc(-c3ccc(N4c5ccccc5Oc5cc(-c6ccc7sc8ccccc8c7c6)ccc54)cc3)n2)cc1. The van der Waals surface area contributed by atoms with E-state index in [2.05, 4.69) is 224 Å². The smallest absolute Gasteiger partial charge is 0.164 e. The summed E-state index contributed by atoms with van der Waals surface area (Å²) in [7, 11) is 0. The van der Waals surface area contributed by atoms with Gasteiger partial charge in [-0.15, -0.1) is 22.7 Å². The van der Waals surface area contributed by atoms with Gasteiger partial charge in [-0.25, -0.2) is 29.9 Å². The first-order valence-corrected chi connectivity index (χ1v) is 36.4. The van der Waals surface area contributed by atoms with Gasteiger partial charge < -0.3 is 14.5 Å². The van der Waals surface area contributed by atoms with Crippen LogP contribution in [0.3, 0.4) is 0 Å². The van der Waals surface area contributed by atoms with Gasteiger partial charge in [-0.3, -0.25) is 0 Å². The van der Waals surface area contributed by atoms with Crippen molar-refractivity contribution in [1.82, 2.24) is 29.9 Å². The van der Waals surface area contributed by atoms with E-state index < -0.39 is 0 Å². The van der Waals surface area contributed by atoms with Crippen molar-refractivity contribution in [3.05, 3.63) is 351 Å². The summed E-state index contributed by atoms with van der Waals surface area (Å²) in [6.45, 7) is 4.69. The lowest BCUT2D eigenvalue weighted by Gasteiger charge is -2.42. The van der Waals surface area contributed by atoms with Crippen LogP contribution in [0.4, 0.5) is 34.1 Å². The lowest BCUT2D eigenvalue weighted by Crippen LogP contribution is -2.30. The van der Waals surface area contributed by atoms with E-state index in [9.17, 15) is 0 Å². The van der Waals surface area contributed by atoms with Crippen LogP contribution in [0.2, 0.25) is 0 Å². The van der Waals surface area contributed by atoms with Crippen molar-refractivity contribution in [3.63, 3.8) is 0 Å². The second-order valence-electron chi connectivity index (χ2n) is 26.6. The number of nitrogens with zero attached hydrogens (tertiary/aromatic N) is 8. The van der Waals surface area contributed by atoms with E-state index in [0.717, 1.165) is 78.8 Å². The molecule has 0 spiro atoms. The maximum absolute atomic E-state index is 6.57. The first-order valence-electron chi connectivity index (χ1n) is 34.8. The van der Waals surface area contributed by atoms with Gasteiger partial charge in [0.05, 0.1) is 22.7 Å². The summed E-state index contributed by atoms with van der Waals surface area (Å²) in [4.78, 5) is 34.2. The minimum absolute atomic E-state index is 0.204. The van der Waals surface area contributed by atoms with E-state index >= 15 is 0 Å². The van der Waals surface area contributed by atoms with Crippen molar-refractivity contribution in [2.75, 3.05) is 9.80 Å². The Labute approximate surface area is 609 Å². The van der Waals surface area contributed by atoms with E-state index in [0.29, 0.717) is 34.9 Å². The van der Waals surface area contributed by atoms with Gasteiger partial charge in [0.1, 0.15) is 0 Å². The van der Waals surface area contributed by atoms with Gasteiger partial charge in [0.25, 0.3) is 0 Å². The third-order valence-corrected chi connectivity index (χ3v) is 22.1. The Morgan fingerprint density at radius 3 is 1.03 bits per heavy atom. The Hall–Kier alpha value is -13.1. The molecule has 0 unspecified atom stereocenters. The largest absolute Gasteiger partial charge is 0.453 e. The normalized spacial score (nSPS) is 12.6. The number of anilines is 6. The topological polar surface area (TPSA) is 93.0 Å². The monoisotopic (exact) mass is 1370 g/mol. The third-order valence-electron chi connectivity index (χ3n) is 19.8. The number of hydrogen-bond donors (Lipinski definition) is 0. The molecule has 4 aromatic heterocycles. The van der Waals surface area contributed by atoms with Crippen molar-refractivity contribution < 1.29 is 4.74 Å². The molecule has 14 aromatic carbocycles. The Morgan fingerprint density at radius 2 is 0.558 bits per heavy atom. The number of ether oxygens (including phenoxy) is 1. The quantitative estimate of drug-likeness (QED) is 0.133. The Bertz CT molecular complexity index is 6190. The standard InChI is InChI=1S/C48H34N4S.C45H28N4OS/c1-48(2)39-18-10-11-19-41(39)52(42-27-23-35(30-40(42)48)34-24-28-44-38(29-34)37-17-9-12-20-43(37)53-44)36-25-21-33(22-26-36)47-50-45(31-13-5-3-6-14-31)49-46(51-47)32-15-7-4-8-16-32;1-3-11-29(12-4-1)43-46-44(30-13-5-2-6-14-30)48-45(47-43)31-19-23-34(24-20-31)49-37-16-8-9-17-39(37)50-40-28-33(21-25-38(40)49)32-22-26-42-36(27-32)35-15-7-10-18-41(35)51-42/h3-30H,1-2H3;1-28H. The van der Waals surface area contributed by atoms with Crippen LogP contribution in [-0.4, -0.2) is 29.9 Å². The van der Waals surface area contributed by atoms with Crippen LogP contribution in [0, 0.1) is 0 Å². The summed E-state index contributed by atoms with van der Waals surface area (Å²) in [5.41, 5.74) is 19.2. The van der Waals surface area contributed by atoms with E-state index in [1.54, 1.807) is 0 Å². The molecule has 18 aromatic rings. The van der Waals surface area contributed by atoms with Crippen LogP contribution >= 0.6 is 22.7 Å². The summed E-state index contributed by atoms with van der Waals surface area (Å²) in [6, 6.07) is 119. The van der Waals surface area contributed by atoms with Crippen LogP contribution < -0.4 is 14.5 Å². The fraction of sp³-hybridized carbons (Fsp3) is 0.0323. The van der Waals surface area contributed by atoms with Crippen molar-refractivity contribution >= 4 is 97.1 Å². The molecule has 0 N–H and O–H groups in total. The van der Waals surface area contributed by atoms with E-state index in [1.807, 2.05) is 162 Å². The lowest BCUT2D eigenvalue weighted by atomic mass is 9.73. The molecule has 0 fully saturated rings. The summed E-state index contributed by atoms with van der Waals surface area (Å²) in [5.74, 6) is 5.47. The van der Waals surface area contributed by atoms with E-state index in [4.69, 9.17) is 34.6 Å². The van der Waals surface area contributed by atoms with Crippen LogP contribution in [0.5, 0.6) is 11.5 Å². The number of para-hydroxylation sites is 3. The second-order valence-corrected chi connectivity index (χ2v) is 28.8. The molecule has 0 saturated heterocycles. The molecular weight excluding hydrogens is 1310 g/mol. The molecule has 2 aliphatic heterocycles. The van der Waals surface area contributed by atoms with Gasteiger partial charge in [-0.1, -0.05) is 226 Å². The van der Waals surface area contributed by atoms with Crippen LogP contribution in [0.1, 0.15) is 25.0 Å². The Kier molecular flexibility index (Phi) is 15.4. The van der Waals surface area contributed by atoms with Crippen molar-refractivity contribution in [2.45, 2.75) is 19.3 Å². The first-order chi connectivity index (χ1) is 51.3. The molecule has 492 valence electrons. The Morgan fingerprint density at radius 1 is 0.240 bits per heavy atom. The van der Waals surface area contributed by atoms with Gasteiger partial charge in [0.15, 0.2) is 46.4 Å². The Balaban J connectivity index is 0.000000143. The predicted octanol–water partition coefficient (Wildman–Crippen LogP) is 25.5. The molecule has 20 rings (SSSR count). The van der Waals surface area contributed by atoms with E-state index in [1.165, 1.54) is 74.0 Å². The number of benzene rings is 14. The highest BCUT2D eigenvalue weighted by Crippen LogP contribution is 2.55. The molecule has 0 radical (unpaired) electrons. The van der Waals surface area contributed by atoms with Crippen molar-refractivity contribution in [3.8, 4) is 102 Å². The molecule has 9 nitrogen and oxygen atoms in total. The molecule has 2 aliphatic rings. The lowest BCUT2D eigenvalue weighted by molar-refractivity contribution is 0.477. The van der Waals surface area contributed by atoms with Gasteiger partial charge in [-0.05, 0) is 161 Å². The molecule has 0 amide bonds. The minimum Gasteiger partial charge on any atom is -0.453 e. The number of fused-ring (bicyclic) bond motifs is 10. The van der Waals surface area contributed by atoms with Gasteiger partial charge >= 0.3 is 0 Å². The highest BCUT2D eigenvalue weighted by Gasteiger charge is 2.37. The molecule has 6 heterocycles. The molecule has 0 atom stereocenters. The maximum atomic E-state index is 6.57. The van der Waals surface area contributed by atoms with Gasteiger partial charge in [0, 0.05) is 90.5 Å².